The van der Waals surface area contributed by atoms with E-state index in [-0.39, 0.29) is 23.8 Å². The highest BCUT2D eigenvalue weighted by molar-refractivity contribution is 6.09. The van der Waals surface area contributed by atoms with Crippen LogP contribution < -0.4 is 0 Å². The third kappa shape index (κ3) is 14.6. The number of ketones is 1. The average Bonchev–Trinajstić information content (AvgIpc) is 2.66. The van der Waals surface area contributed by atoms with Crippen LogP contribution in [0.4, 0.5) is 0 Å². The van der Waals surface area contributed by atoms with Crippen LogP contribution in [0.2, 0.25) is 0 Å². The minimum atomic E-state index is -2.54. The van der Waals surface area contributed by atoms with Gasteiger partial charge in [0, 0.05) is 0 Å². The Bertz CT molecular complexity index is 449. The van der Waals surface area contributed by atoms with Crippen molar-refractivity contribution in [2.75, 3.05) is 0 Å². The maximum Gasteiger partial charge on any atom is 0.343 e. The van der Waals surface area contributed by atoms with E-state index in [0.717, 1.165) is 26.2 Å². The zero-order valence-electron chi connectivity index (χ0n) is 19.2. The first-order valence-corrected chi connectivity index (χ1v) is 11.9. The molecule has 0 rings (SSSR count). The van der Waals surface area contributed by atoms with E-state index in [1.165, 1.54) is 84.0 Å². The van der Waals surface area contributed by atoms with Gasteiger partial charge in [0.25, 0.3) is 0 Å². The Hall–Kier alpha value is -0.408. The smallest absolute Gasteiger partial charge is 0.343 e. The van der Waals surface area contributed by atoms with E-state index < -0.39 is 23.0 Å². The minimum Gasteiger partial charge on any atom is -0.479 e. The van der Waals surface area contributed by atoms with Gasteiger partial charge < -0.3 is 15.3 Å². The van der Waals surface area contributed by atoms with Gasteiger partial charge in [-0.1, -0.05) is 110 Å². The molecule has 3 N–H and O–H groups in total. The van der Waals surface area contributed by atoms with Crippen LogP contribution in [0.5, 0.6) is 0 Å². The number of carbonyl (C=O) groups is 2. The number of aliphatic carboxylic acids is 1. The first kappa shape index (κ1) is 31.8. The summed E-state index contributed by atoms with van der Waals surface area (Å²) in [5, 5.41) is 28.8. The molecule has 0 spiro atoms. The summed E-state index contributed by atoms with van der Waals surface area (Å²) in [5.41, 5.74) is -4.35. The Morgan fingerprint density at radius 2 is 0.933 bits per heavy atom. The fraction of sp³-hybridized carbons (Fsp3) is 0.917. The van der Waals surface area contributed by atoms with Crippen molar-refractivity contribution in [3.05, 3.63) is 0 Å². The second kappa shape index (κ2) is 18.2. The van der Waals surface area contributed by atoms with Crippen molar-refractivity contribution >= 4 is 29.1 Å². The highest BCUT2D eigenvalue weighted by Gasteiger charge is 2.47. The van der Waals surface area contributed by atoms with Crippen molar-refractivity contribution in [2.45, 2.75) is 141 Å². The molecule has 0 aromatic rings. The fourth-order valence-corrected chi connectivity index (χ4v) is 3.75. The van der Waals surface area contributed by atoms with Crippen LogP contribution in [0, 0.1) is 0 Å². The molecule has 0 amide bonds. The van der Waals surface area contributed by atoms with Crippen LogP contribution >= 0.6 is 0 Å². The lowest BCUT2D eigenvalue weighted by Crippen LogP contribution is -2.54. The standard InChI is InChI=1S/C24H46O5.Al.3H/c1-4-5-6-7-8-9-10-11-12-13-14-15-16-17-18-19-20-23(2,28)21(25)24(3,29)22(26)27;;;;/h28-29H,4-20H2,1-3H3,(H,26,27);;;;. The van der Waals surface area contributed by atoms with E-state index in [4.69, 9.17) is 5.11 Å². The van der Waals surface area contributed by atoms with Crippen LogP contribution in [-0.2, 0) is 9.59 Å². The van der Waals surface area contributed by atoms with Gasteiger partial charge in [0.1, 0.15) is 5.60 Å². The van der Waals surface area contributed by atoms with Crippen LogP contribution in [0.1, 0.15) is 130 Å². The van der Waals surface area contributed by atoms with Gasteiger partial charge in [-0.15, -0.1) is 0 Å². The summed E-state index contributed by atoms with van der Waals surface area (Å²) < 4.78 is 0. The molecule has 0 bridgehead atoms. The first-order chi connectivity index (χ1) is 13.7. The van der Waals surface area contributed by atoms with Gasteiger partial charge in [0.2, 0.25) is 11.4 Å². The summed E-state index contributed by atoms with van der Waals surface area (Å²) in [5.74, 6) is -2.67. The summed E-state index contributed by atoms with van der Waals surface area (Å²) in [6.45, 7) is 4.46. The van der Waals surface area contributed by atoms with Gasteiger partial charge in [-0.2, -0.15) is 0 Å². The van der Waals surface area contributed by atoms with E-state index in [2.05, 4.69) is 6.92 Å². The van der Waals surface area contributed by atoms with Gasteiger partial charge in [-0.05, 0) is 20.3 Å². The summed E-state index contributed by atoms with van der Waals surface area (Å²) in [6, 6.07) is 0. The van der Waals surface area contributed by atoms with Gasteiger partial charge in [0.15, 0.2) is 17.4 Å². The van der Waals surface area contributed by atoms with E-state index in [0.29, 0.717) is 6.42 Å². The largest absolute Gasteiger partial charge is 0.479 e. The Labute approximate surface area is 195 Å². The Kier molecular flexibility index (Phi) is 19.3. The van der Waals surface area contributed by atoms with Gasteiger partial charge in [0.05, 0.1) is 0 Å². The second-order valence-corrected chi connectivity index (χ2v) is 9.03. The number of rotatable bonds is 20. The third-order valence-corrected chi connectivity index (χ3v) is 5.86. The molecule has 0 aromatic carbocycles. The predicted molar refractivity (Wildman–Crippen MR) is 128 cm³/mol. The van der Waals surface area contributed by atoms with Gasteiger partial charge in [-0.25, -0.2) is 4.79 Å². The normalized spacial score (nSPS) is 15.1. The second-order valence-electron chi connectivity index (χ2n) is 9.03. The van der Waals surface area contributed by atoms with Crippen LogP contribution in [-0.4, -0.2) is 55.6 Å². The number of hydrogen-bond donors (Lipinski definition) is 3. The number of Topliss-reactive ketones (excluding diaryl/α,β-unsaturated/α-hetero) is 1. The molecule has 0 radical (unpaired) electrons. The molecule has 2 unspecified atom stereocenters. The number of carbonyl (C=O) groups excluding carboxylic acids is 1. The topological polar surface area (TPSA) is 94.8 Å². The summed E-state index contributed by atoms with van der Waals surface area (Å²) in [6.07, 6.45) is 20.1. The molecule has 0 aromatic heterocycles. The summed E-state index contributed by atoms with van der Waals surface area (Å²) in [7, 11) is 0. The summed E-state index contributed by atoms with van der Waals surface area (Å²) in [4.78, 5) is 23.0. The number of aliphatic hydroxyl groups is 2. The van der Waals surface area contributed by atoms with Crippen molar-refractivity contribution in [2.24, 2.45) is 0 Å². The average molecular weight is 445 g/mol. The molecule has 0 aliphatic rings. The molecular formula is C24H49AlO5. The molecular weight excluding hydrogens is 395 g/mol. The quantitative estimate of drug-likeness (QED) is 0.145. The van der Waals surface area contributed by atoms with Crippen molar-refractivity contribution in [3.63, 3.8) is 0 Å². The Morgan fingerprint density at radius 1 is 0.633 bits per heavy atom. The molecule has 0 fully saturated rings. The number of unbranched alkanes of at least 4 members (excludes halogenated alkanes) is 15. The molecule has 0 saturated heterocycles. The molecule has 0 aliphatic heterocycles. The SMILES string of the molecule is CCCCCCCCCCCCCCCCCCC(C)(O)C(=O)C(C)(O)C(=O)O.[AlH3]. The lowest BCUT2D eigenvalue weighted by Gasteiger charge is -2.28. The van der Waals surface area contributed by atoms with Crippen LogP contribution in [0.15, 0.2) is 0 Å². The molecule has 5 nitrogen and oxygen atoms in total. The Morgan fingerprint density at radius 3 is 1.23 bits per heavy atom. The molecule has 0 heterocycles. The molecule has 178 valence electrons. The maximum atomic E-state index is 12.0. The Balaban J connectivity index is 0. The predicted octanol–water partition coefficient (Wildman–Crippen LogP) is 4.61. The van der Waals surface area contributed by atoms with Gasteiger partial charge in [-0.3, -0.25) is 4.79 Å². The van der Waals surface area contributed by atoms with E-state index in [1.807, 2.05) is 0 Å². The molecule has 30 heavy (non-hydrogen) atoms. The zero-order chi connectivity index (χ0) is 22.2. The van der Waals surface area contributed by atoms with Gasteiger partial charge >= 0.3 is 5.97 Å². The van der Waals surface area contributed by atoms with Crippen molar-refractivity contribution in [1.82, 2.24) is 0 Å². The van der Waals surface area contributed by atoms with Crippen LogP contribution in [0.3, 0.4) is 0 Å². The van der Waals surface area contributed by atoms with Crippen LogP contribution in [0.25, 0.3) is 0 Å². The number of carboxylic acid groups (broad SMARTS) is 1. The van der Waals surface area contributed by atoms with E-state index in [1.54, 1.807) is 0 Å². The van der Waals surface area contributed by atoms with Crippen molar-refractivity contribution in [3.8, 4) is 0 Å². The zero-order valence-corrected chi connectivity index (χ0v) is 19.2. The van der Waals surface area contributed by atoms with E-state index >= 15 is 0 Å². The molecule has 0 saturated carbocycles. The first-order valence-electron chi connectivity index (χ1n) is 11.9. The monoisotopic (exact) mass is 444 g/mol. The number of carboxylic acids is 1. The number of hydrogen-bond acceptors (Lipinski definition) is 4. The summed E-state index contributed by atoms with van der Waals surface area (Å²) >= 11 is 0. The minimum absolute atomic E-state index is 0. The third-order valence-electron chi connectivity index (χ3n) is 5.86. The molecule has 6 heteroatoms. The van der Waals surface area contributed by atoms with E-state index in [9.17, 15) is 19.8 Å². The lowest BCUT2D eigenvalue weighted by molar-refractivity contribution is -0.172. The highest BCUT2D eigenvalue weighted by Crippen LogP contribution is 2.23. The fourth-order valence-electron chi connectivity index (χ4n) is 3.75. The highest BCUT2D eigenvalue weighted by atomic mass is 27.0. The van der Waals surface area contributed by atoms with Crippen molar-refractivity contribution < 1.29 is 24.9 Å². The van der Waals surface area contributed by atoms with Crippen molar-refractivity contribution in [1.29, 1.82) is 0 Å². The maximum absolute atomic E-state index is 12.0. The lowest BCUT2D eigenvalue weighted by atomic mass is 9.84. The molecule has 2 atom stereocenters. The molecule has 0 aliphatic carbocycles.